The molecule has 5 heteroatoms. The van der Waals surface area contributed by atoms with Gasteiger partial charge in [0.15, 0.2) is 0 Å². The van der Waals surface area contributed by atoms with E-state index >= 15 is 0 Å². The molecule has 1 atom stereocenters. The molecule has 5 nitrogen and oxygen atoms in total. The molecule has 86 valence electrons. The number of esters is 1. The van der Waals surface area contributed by atoms with Crippen molar-refractivity contribution >= 4 is 11.9 Å². The second-order valence-corrected chi connectivity index (χ2v) is 3.88. The molecule has 0 aromatic heterocycles. The summed E-state index contributed by atoms with van der Waals surface area (Å²) >= 11 is 0. The maximum atomic E-state index is 11.3. The van der Waals surface area contributed by atoms with E-state index in [1.165, 1.54) is 7.11 Å². The molecule has 1 amide bonds. The van der Waals surface area contributed by atoms with Crippen LogP contribution in [0, 0.1) is 5.92 Å². The molecule has 0 saturated carbocycles. The normalized spacial score (nSPS) is 22.3. The van der Waals surface area contributed by atoms with Crippen molar-refractivity contribution in [3.05, 3.63) is 0 Å². The molecule has 1 saturated heterocycles. The van der Waals surface area contributed by atoms with Crippen LogP contribution in [0.2, 0.25) is 0 Å². The number of ether oxygens (including phenoxy) is 1. The summed E-state index contributed by atoms with van der Waals surface area (Å²) in [5.74, 6) is -0.495. The van der Waals surface area contributed by atoms with Crippen molar-refractivity contribution in [3.63, 3.8) is 0 Å². The van der Waals surface area contributed by atoms with E-state index in [-0.39, 0.29) is 17.8 Å². The average molecular weight is 214 g/mol. The lowest BCUT2D eigenvalue weighted by Gasteiger charge is -2.30. The number of carbonyl (C=O) groups excluding carboxylic acids is 2. The van der Waals surface area contributed by atoms with Crippen molar-refractivity contribution in [3.8, 4) is 0 Å². The molecule has 0 aromatic rings. The summed E-state index contributed by atoms with van der Waals surface area (Å²) in [6.45, 7) is 2.25. The van der Waals surface area contributed by atoms with Crippen LogP contribution < -0.4 is 5.73 Å². The number of hydrogen-bond donors (Lipinski definition) is 1. The highest BCUT2D eigenvalue weighted by molar-refractivity contribution is 5.74. The van der Waals surface area contributed by atoms with Crippen LogP contribution in [-0.4, -0.2) is 43.5 Å². The smallest absolute Gasteiger partial charge is 0.309 e. The highest BCUT2D eigenvalue weighted by atomic mass is 16.5. The molecular formula is C10H18N2O3. The molecule has 0 spiro atoms. The minimum Gasteiger partial charge on any atom is -0.469 e. The fourth-order valence-corrected chi connectivity index (χ4v) is 1.89. The Kier molecular flexibility index (Phi) is 4.55. The molecule has 1 aliphatic heterocycles. The molecule has 1 heterocycles. The monoisotopic (exact) mass is 214 g/mol. The fraction of sp³-hybridized carbons (Fsp3) is 0.800. The molecular weight excluding hydrogens is 196 g/mol. The van der Waals surface area contributed by atoms with Gasteiger partial charge in [0, 0.05) is 19.5 Å². The largest absolute Gasteiger partial charge is 0.469 e. The second kappa shape index (κ2) is 5.70. The van der Waals surface area contributed by atoms with Crippen LogP contribution in [0.4, 0.5) is 0 Å². The van der Waals surface area contributed by atoms with Gasteiger partial charge in [0.2, 0.25) is 5.91 Å². The van der Waals surface area contributed by atoms with Gasteiger partial charge in [-0.05, 0) is 19.4 Å². The van der Waals surface area contributed by atoms with E-state index in [4.69, 9.17) is 10.5 Å². The molecule has 0 bridgehead atoms. The molecule has 15 heavy (non-hydrogen) atoms. The number of primary amides is 1. The van der Waals surface area contributed by atoms with Gasteiger partial charge in [0.25, 0.3) is 0 Å². The van der Waals surface area contributed by atoms with Crippen LogP contribution in [-0.2, 0) is 14.3 Å². The Labute approximate surface area is 89.6 Å². The molecule has 1 aliphatic rings. The number of nitrogens with two attached hydrogens (primary N) is 1. The third kappa shape index (κ3) is 3.87. The van der Waals surface area contributed by atoms with Crippen molar-refractivity contribution in [1.82, 2.24) is 4.90 Å². The standard InChI is InChI=1S/C10H18N2O3/c1-15-10(14)8-3-2-5-12(7-8)6-4-9(11)13/h8H,2-7H2,1H3,(H2,11,13). The summed E-state index contributed by atoms with van der Waals surface area (Å²) < 4.78 is 4.71. The highest BCUT2D eigenvalue weighted by Gasteiger charge is 2.26. The van der Waals surface area contributed by atoms with Gasteiger partial charge in [0.1, 0.15) is 0 Å². The van der Waals surface area contributed by atoms with Crippen LogP contribution in [0.1, 0.15) is 19.3 Å². The molecule has 1 unspecified atom stereocenters. The maximum Gasteiger partial charge on any atom is 0.309 e. The van der Waals surface area contributed by atoms with Gasteiger partial charge in [0.05, 0.1) is 13.0 Å². The zero-order valence-corrected chi connectivity index (χ0v) is 9.07. The first-order valence-corrected chi connectivity index (χ1v) is 5.22. The lowest BCUT2D eigenvalue weighted by Crippen LogP contribution is -2.40. The number of methoxy groups -OCH3 is 1. The lowest BCUT2D eigenvalue weighted by atomic mass is 9.98. The van der Waals surface area contributed by atoms with Crippen molar-refractivity contribution < 1.29 is 14.3 Å². The van der Waals surface area contributed by atoms with E-state index in [2.05, 4.69) is 4.90 Å². The zero-order chi connectivity index (χ0) is 11.3. The summed E-state index contributed by atoms with van der Waals surface area (Å²) in [6.07, 6.45) is 2.20. The van der Waals surface area contributed by atoms with Crippen molar-refractivity contribution in [2.75, 3.05) is 26.7 Å². The molecule has 0 radical (unpaired) electrons. The number of hydrogen-bond acceptors (Lipinski definition) is 4. The third-order valence-corrected chi connectivity index (χ3v) is 2.71. The number of rotatable bonds is 4. The van der Waals surface area contributed by atoms with E-state index in [1.54, 1.807) is 0 Å². The van der Waals surface area contributed by atoms with Gasteiger partial charge in [-0.25, -0.2) is 0 Å². The lowest BCUT2D eigenvalue weighted by molar-refractivity contribution is -0.147. The quantitative estimate of drug-likeness (QED) is 0.655. The van der Waals surface area contributed by atoms with Gasteiger partial charge >= 0.3 is 5.97 Å². The Balaban J connectivity index is 2.35. The maximum absolute atomic E-state index is 11.3. The minimum absolute atomic E-state index is 0.0448. The minimum atomic E-state index is -0.296. The van der Waals surface area contributed by atoms with E-state index < -0.39 is 0 Å². The Morgan fingerprint density at radius 1 is 1.53 bits per heavy atom. The van der Waals surface area contributed by atoms with Crippen LogP contribution in [0.15, 0.2) is 0 Å². The number of amides is 1. The van der Waals surface area contributed by atoms with E-state index in [0.717, 1.165) is 19.4 Å². The summed E-state index contributed by atoms with van der Waals surface area (Å²) in [5, 5.41) is 0. The third-order valence-electron chi connectivity index (χ3n) is 2.71. The molecule has 1 rings (SSSR count). The van der Waals surface area contributed by atoms with Crippen molar-refractivity contribution in [2.24, 2.45) is 11.7 Å². The first kappa shape index (κ1) is 12.0. The fourth-order valence-electron chi connectivity index (χ4n) is 1.89. The number of piperidine rings is 1. The molecule has 0 aromatic carbocycles. The predicted octanol–water partition coefficient (Wildman–Crippen LogP) is -0.253. The topological polar surface area (TPSA) is 72.6 Å². The van der Waals surface area contributed by atoms with Crippen molar-refractivity contribution in [2.45, 2.75) is 19.3 Å². The van der Waals surface area contributed by atoms with Gasteiger partial charge in [-0.15, -0.1) is 0 Å². The van der Waals surface area contributed by atoms with Gasteiger partial charge in [-0.3, -0.25) is 9.59 Å². The first-order valence-electron chi connectivity index (χ1n) is 5.22. The summed E-state index contributed by atoms with van der Waals surface area (Å²) in [4.78, 5) is 24.0. The van der Waals surface area contributed by atoms with Crippen LogP contribution in [0.3, 0.4) is 0 Å². The Morgan fingerprint density at radius 3 is 2.87 bits per heavy atom. The number of likely N-dealkylation sites (tertiary alicyclic amines) is 1. The van der Waals surface area contributed by atoms with Crippen molar-refractivity contribution in [1.29, 1.82) is 0 Å². The van der Waals surface area contributed by atoms with E-state index in [9.17, 15) is 9.59 Å². The van der Waals surface area contributed by atoms with Gasteiger partial charge in [-0.1, -0.05) is 0 Å². The Morgan fingerprint density at radius 2 is 2.27 bits per heavy atom. The average Bonchev–Trinajstić information content (AvgIpc) is 2.25. The number of nitrogens with zero attached hydrogens (tertiary/aromatic N) is 1. The zero-order valence-electron chi connectivity index (χ0n) is 9.07. The number of carbonyl (C=O) groups is 2. The van der Waals surface area contributed by atoms with Gasteiger partial charge in [-0.2, -0.15) is 0 Å². The molecule has 0 aliphatic carbocycles. The highest BCUT2D eigenvalue weighted by Crippen LogP contribution is 2.17. The summed E-state index contributed by atoms with van der Waals surface area (Å²) in [7, 11) is 1.41. The first-order chi connectivity index (χ1) is 7.13. The van der Waals surface area contributed by atoms with Crippen LogP contribution in [0.5, 0.6) is 0 Å². The Hall–Kier alpha value is -1.10. The second-order valence-electron chi connectivity index (χ2n) is 3.88. The van der Waals surface area contributed by atoms with E-state index in [0.29, 0.717) is 19.5 Å². The summed E-state index contributed by atoms with van der Waals surface area (Å²) in [6, 6.07) is 0. The predicted molar refractivity (Wildman–Crippen MR) is 55.0 cm³/mol. The summed E-state index contributed by atoms with van der Waals surface area (Å²) in [5.41, 5.74) is 5.07. The van der Waals surface area contributed by atoms with Crippen LogP contribution >= 0.6 is 0 Å². The van der Waals surface area contributed by atoms with Gasteiger partial charge < -0.3 is 15.4 Å². The molecule has 1 fully saturated rings. The van der Waals surface area contributed by atoms with Crippen LogP contribution in [0.25, 0.3) is 0 Å². The molecule has 2 N–H and O–H groups in total. The van der Waals surface area contributed by atoms with E-state index in [1.807, 2.05) is 0 Å². The SMILES string of the molecule is COC(=O)C1CCCN(CCC(N)=O)C1. The Bertz CT molecular complexity index is 243.